The highest BCUT2D eigenvalue weighted by Gasteiger charge is 2.13. The molecule has 1 atom stereocenters. The molecule has 0 amide bonds. The summed E-state index contributed by atoms with van der Waals surface area (Å²) in [7, 11) is 0. The van der Waals surface area contributed by atoms with Gasteiger partial charge in [0.05, 0.1) is 6.10 Å². The lowest BCUT2D eigenvalue weighted by atomic mass is 10.1. The van der Waals surface area contributed by atoms with Gasteiger partial charge in [-0.25, -0.2) is 0 Å². The molecule has 0 saturated carbocycles. The van der Waals surface area contributed by atoms with Crippen molar-refractivity contribution >= 4 is 11.3 Å². The van der Waals surface area contributed by atoms with Crippen LogP contribution < -0.4 is 5.32 Å². The topological polar surface area (TPSA) is 21.3 Å². The monoisotopic (exact) mass is 287 g/mol. The fourth-order valence-corrected chi connectivity index (χ4v) is 3.54. The summed E-state index contributed by atoms with van der Waals surface area (Å²) in [5.74, 6) is 0. The predicted molar refractivity (Wildman–Crippen MR) is 85.1 cm³/mol. The molecule has 20 heavy (non-hydrogen) atoms. The van der Waals surface area contributed by atoms with Crippen molar-refractivity contribution in [1.29, 1.82) is 0 Å². The van der Waals surface area contributed by atoms with E-state index in [4.69, 9.17) is 4.74 Å². The van der Waals surface area contributed by atoms with Crippen molar-refractivity contribution in [3.05, 3.63) is 47.3 Å². The third kappa shape index (κ3) is 3.69. The summed E-state index contributed by atoms with van der Waals surface area (Å²) in [5, 5.41) is 3.52. The van der Waals surface area contributed by atoms with Crippen LogP contribution in [0.5, 0.6) is 0 Å². The van der Waals surface area contributed by atoms with Crippen molar-refractivity contribution < 1.29 is 4.74 Å². The van der Waals surface area contributed by atoms with Crippen LogP contribution >= 0.6 is 11.3 Å². The average Bonchev–Trinajstić information content (AvgIpc) is 2.98. The quantitative estimate of drug-likeness (QED) is 0.895. The van der Waals surface area contributed by atoms with Crippen LogP contribution in [0.1, 0.15) is 24.1 Å². The highest BCUT2D eigenvalue weighted by Crippen LogP contribution is 2.27. The van der Waals surface area contributed by atoms with E-state index in [9.17, 15) is 0 Å². The summed E-state index contributed by atoms with van der Waals surface area (Å²) in [4.78, 5) is 2.73. The van der Waals surface area contributed by atoms with Crippen molar-refractivity contribution in [1.82, 2.24) is 5.32 Å². The Bertz CT molecular complexity index is 517. The predicted octanol–water partition coefficient (Wildman–Crippen LogP) is 4.07. The minimum absolute atomic E-state index is 0.414. The molecule has 0 radical (unpaired) electrons. The van der Waals surface area contributed by atoms with Crippen LogP contribution in [0.3, 0.4) is 0 Å². The molecule has 3 heteroatoms. The lowest BCUT2D eigenvalue weighted by Gasteiger charge is -2.22. The smallest absolute Gasteiger partial charge is 0.0699 e. The molecule has 1 saturated heterocycles. The Kier molecular flexibility index (Phi) is 4.85. The first kappa shape index (κ1) is 13.8. The number of hydrogen-bond acceptors (Lipinski definition) is 3. The Balaban J connectivity index is 1.50. The van der Waals surface area contributed by atoms with Gasteiger partial charge < -0.3 is 10.1 Å². The van der Waals surface area contributed by atoms with Gasteiger partial charge >= 0.3 is 0 Å². The largest absolute Gasteiger partial charge is 0.377 e. The minimum atomic E-state index is 0.414. The van der Waals surface area contributed by atoms with Crippen LogP contribution in [-0.2, 0) is 11.3 Å². The summed E-state index contributed by atoms with van der Waals surface area (Å²) in [6, 6.07) is 15.0. The fraction of sp³-hybridized carbons (Fsp3) is 0.412. The van der Waals surface area contributed by atoms with Gasteiger partial charge in [-0.05, 0) is 37.0 Å². The zero-order valence-corrected chi connectivity index (χ0v) is 12.5. The first-order chi connectivity index (χ1) is 9.92. The van der Waals surface area contributed by atoms with Gasteiger partial charge in [0, 0.05) is 29.5 Å². The van der Waals surface area contributed by atoms with E-state index in [0.29, 0.717) is 6.10 Å². The van der Waals surface area contributed by atoms with Gasteiger partial charge in [-0.3, -0.25) is 0 Å². The zero-order chi connectivity index (χ0) is 13.6. The molecule has 0 spiro atoms. The lowest BCUT2D eigenvalue weighted by molar-refractivity contribution is 0.0168. The molecular formula is C17H21NOS. The summed E-state index contributed by atoms with van der Waals surface area (Å²) in [6.07, 6.45) is 4.15. The van der Waals surface area contributed by atoms with Gasteiger partial charge in [-0.15, -0.1) is 11.3 Å². The van der Waals surface area contributed by atoms with Gasteiger partial charge in [0.2, 0.25) is 0 Å². The summed E-state index contributed by atoms with van der Waals surface area (Å²) in [6.45, 7) is 2.85. The Morgan fingerprint density at radius 1 is 1.10 bits per heavy atom. The number of thiophene rings is 1. The molecule has 3 rings (SSSR count). The molecule has 0 aliphatic carbocycles. The van der Waals surface area contributed by atoms with Crippen LogP contribution in [0.2, 0.25) is 0 Å². The molecule has 1 aromatic heterocycles. The number of rotatable bonds is 5. The molecule has 1 aromatic carbocycles. The SMILES string of the molecule is c1ccc(-c2ccc(CNCC3CCCCO3)s2)cc1. The van der Waals surface area contributed by atoms with Crippen molar-refractivity contribution in [2.45, 2.75) is 31.9 Å². The minimum Gasteiger partial charge on any atom is -0.377 e. The van der Waals surface area contributed by atoms with Gasteiger partial charge in [0.1, 0.15) is 0 Å². The average molecular weight is 287 g/mol. The summed E-state index contributed by atoms with van der Waals surface area (Å²) in [5.41, 5.74) is 1.30. The maximum absolute atomic E-state index is 5.73. The van der Waals surface area contributed by atoms with E-state index in [1.54, 1.807) is 0 Å². The molecule has 1 N–H and O–H groups in total. The highest BCUT2D eigenvalue weighted by atomic mass is 32.1. The van der Waals surface area contributed by atoms with E-state index in [-0.39, 0.29) is 0 Å². The van der Waals surface area contributed by atoms with Crippen LogP contribution in [-0.4, -0.2) is 19.3 Å². The number of ether oxygens (including phenoxy) is 1. The number of benzene rings is 1. The van der Waals surface area contributed by atoms with E-state index in [1.165, 1.54) is 34.6 Å². The molecule has 2 aromatic rings. The van der Waals surface area contributed by atoms with Crippen LogP contribution in [0.25, 0.3) is 10.4 Å². The van der Waals surface area contributed by atoms with Crippen LogP contribution in [0.4, 0.5) is 0 Å². The summed E-state index contributed by atoms with van der Waals surface area (Å²) < 4.78 is 5.73. The van der Waals surface area contributed by atoms with Gasteiger partial charge in [-0.1, -0.05) is 30.3 Å². The van der Waals surface area contributed by atoms with E-state index in [1.807, 2.05) is 11.3 Å². The van der Waals surface area contributed by atoms with Crippen molar-refractivity contribution in [2.75, 3.05) is 13.2 Å². The molecule has 1 unspecified atom stereocenters. The molecule has 0 bridgehead atoms. The van der Waals surface area contributed by atoms with Crippen LogP contribution in [0.15, 0.2) is 42.5 Å². The molecule has 1 fully saturated rings. The molecule has 1 aliphatic rings. The zero-order valence-electron chi connectivity index (χ0n) is 11.7. The highest BCUT2D eigenvalue weighted by molar-refractivity contribution is 7.15. The molecule has 2 nitrogen and oxygen atoms in total. The second-order valence-electron chi connectivity index (χ2n) is 5.25. The van der Waals surface area contributed by atoms with E-state index >= 15 is 0 Å². The summed E-state index contributed by atoms with van der Waals surface area (Å²) >= 11 is 1.87. The van der Waals surface area contributed by atoms with Crippen molar-refractivity contribution in [3.8, 4) is 10.4 Å². The third-order valence-corrected chi connectivity index (χ3v) is 4.80. The standard InChI is InChI=1S/C17H21NOS/c1-2-6-14(7-3-1)17-10-9-16(20-17)13-18-12-15-8-4-5-11-19-15/h1-3,6-7,9-10,15,18H,4-5,8,11-13H2. The molecule has 1 aliphatic heterocycles. The maximum atomic E-state index is 5.73. The second kappa shape index (κ2) is 7.02. The van der Waals surface area contributed by atoms with E-state index in [2.05, 4.69) is 47.8 Å². The van der Waals surface area contributed by atoms with Gasteiger partial charge in [0.25, 0.3) is 0 Å². The Hall–Kier alpha value is -1.16. The van der Waals surface area contributed by atoms with Gasteiger partial charge in [-0.2, -0.15) is 0 Å². The Morgan fingerprint density at radius 2 is 2.00 bits per heavy atom. The second-order valence-corrected chi connectivity index (χ2v) is 6.42. The number of hydrogen-bond donors (Lipinski definition) is 1. The Labute approximate surface area is 124 Å². The first-order valence-electron chi connectivity index (χ1n) is 7.38. The molecular weight excluding hydrogens is 266 g/mol. The van der Waals surface area contributed by atoms with Crippen LogP contribution in [0, 0.1) is 0 Å². The third-order valence-electron chi connectivity index (χ3n) is 3.67. The lowest BCUT2D eigenvalue weighted by Crippen LogP contribution is -2.31. The van der Waals surface area contributed by atoms with E-state index < -0.39 is 0 Å². The van der Waals surface area contributed by atoms with Gasteiger partial charge in [0.15, 0.2) is 0 Å². The van der Waals surface area contributed by atoms with Crippen molar-refractivity contribution in [3.63, 3.8) is 0 Å². The first-order valence-corrected chi connectivity index (χ1v) is 8.20. The molecule has 106 valence electrons. The molecule has 2 heterocycles. The fourth-order valence-electron chi connectivity index (χ4n) is 2.56. The van der Waals surface area contributed by atoms with Crippen molar-refractivity contribution in [2.24, 2.45) is 0 Å². The number of nitrogens with one attached hydrogen (secondary N) is 1. The maximum Gasteiger partial charge on any atom is 0.0699 e. The normalized spacial score (nSPS) is 19.1. The van der Waals surface area contributed by atoms with E-state index in [0.717, 1.165) is 19.7 Å². The Morgan fingerprint density at radius 3 is 2.80 bits per heavy atom.